The molecule has 1 rings (SSSR count). The van der Waals surface area contributed by atoms with Gasteiger partial charge < -0.3 is 9.84 Å². The van der Waals surface area contributed by atoms with E-state index in [0.717, 1.165) is 0 Å². The van der Waals surface area contributed by atoms with Crippen molar-refractivity contribution in [2.45, 2.75) is 6.42 Å². The highest BCUT2D eigenvalue weighted by molar-refractivity contribution is 6.33. The fraction of sp³-hybridized carbons (Fsp3) is 0.200. The molecule has 0 atom stereocenters. The molecule has 1 aromatic carbocycles. The van der Waals surface area contributed by atoms with E-state index >= 15 is 0 Å². The summed E-state index contributed by atoms with van der Waals surface area (Å²) >= 11 is 5.77. The SMILES string of the molecule is COc1cc(CC(=O)C(=O)O)ccc1Cl. The summed E-state index contributed by atoms with van der Waals surface area (Å²) in [6.45, 7) is 0. The standard InChI is InChI=1S/C10H9ClO4/c1-15-9-5-6(2-3-7(9)11)4-8(12)10(13)14/h2-3,5H,4H2,1H3,(H,13,14). The molecule has 0 unspecified atom stereocenters. The van der Waals surface area contributed by atoms with Crippen LogP contribution in [0, 0.1) is 0 Å². The maximum Gasteiger partial charge on any atom is 0.372 e. The van der Waals surface area contributed by atoms with Gasteiger partial charge >= 0.3 is 5.97 Å². The number of Topliss-reactive ketones (excluding diaryl/α,β-unsaturated/α-hetero) is 1. The number of carbonyl (C=O) groups is 2. The van der Waals surface area contributed by atoms with Crippen LogP contribution in [0.15, 0.2) is 18.2 Å². The summed E-state index contributed by atoms with van der Waals surface area (Å²) in [6, 6.07) is 4.69. The molecule has 0 radical (unpaired) electrons. The molecule has 0 aliphatic carbocycles. The minimum absolute atomic E-state index is 0.164. The smallest absolute Gasteiger partial charge is 0.372 e. The Balaban J connectivity index is 2.87. The van der Waals surface area contributed by atoms with Gasteiger partial charge in [-0.25, -0.2) is 4.79 Å². The Kier molecular flexibility index (Phi) is 3.68. The summed E-state index contributed by atoms with van der Waals surface area (Å²) in [5, 5.41) is 8.84. The lowest BCUT2D eigenvalue weighted by atomic mass is 10.1. The first-order valence-electron chi connectivity index (χ1n) is 4.13. The highest BCUT2D eigenvalue weighted by Gasteiger charge is 2.13. The third-order valence-electron chi connectivity index (χ3n) is 1.82. The number of rotatable bonds is 4. The molecule has 80 valence electrons. The van der Waals surface area contributed by atoms with E-state index in [2.05, 4.69) is 0 Å². The van der Waals surface area contributed by atoms with Crippen LogP contribution in [-0.2, 0) is 16.0 Å². The van der Waals surface area contributed by atoms with E-state index in [4.69, 9.17) is 21.4 Å². The Bertz CT molecular complexity index is 400. The highest BCUT2D eigenvalue weighted by atomic mass is 35.5. The van der Waals surface area contributed by atoms with Crippen LogP contribution in [0.2, 0.25) is 5.02 Å². The van der Waals surface area contributed by atoms with Crippen LogP contribution in [-0.4, -0.2) is 24.0 Å². The number of ether oxygens (including phenoxy) is 1. The molecule has 0 aromatic heterocycles. The normalized spacial score (nSPS) is 9.73. The van der Waals surface area contributed by atoms with E-state index in [9.17, 15) is 9.59 Å². The summed E-state index contributed by atoms with van der Waals surface area (Å²) in [5.74, 6) is -1.88. The molecule has 0 heterocycles. The molecule has 4 nitrogen and oxygen atoms in total. The van der Waals surface area contributed by atoms with Crippen LogP contribution in [0.1, 0.15) is 5.56 Å². The second-order valence-electron chi connectivity index (χ2n) is 2.87. The van der Waals surface area contributed by atoms with E-state index in [1.165, 1.54) is 7.11 Å². The lowest BCUT2D eigenvalue weighted by Crippen LogP contribution is -2.14. The molecule has 0 spiro atoms. The zero-order valence-electron chi connectivity index (χ0n) is 7.99. The summed E-state index contributed by atoms with van der Waals surface area (Å²) in [5.41, 5.74) is 0.559. The number of methoxy groups -OCH3 is 1. The highest BCUT2D eigenvalue weighted by Crippen LogP contribution is 2.25. The van der Waals surface area contributed by atoms with Gasteiger partial charge in [0.15, 0.2) is 0 Å². The summed E-state index contributed by atoms with van der Waals surface area (Å²) < 4.78 is 4.94. The molecular formula is C10H9ClO4. The van der Waals surface area contributed by atoms with Crippen molar-refractivity contribution in [3.05, 3.63) is 28.8 Å². The molecular weight excluding hydrogens is 220 g/mol. The second kappa shape index (κ2) is 4.79. The Morgan fingerprint density at radius 1 is 1.47 bits per heavy atom. The number of aliphatic carboxylic acids is 1. The number of carbonyl (C=O) groups excluding carboxylic acids is 1. The third-order valence-corrected chi connectivity index (χ3v) is 2.13. The molecule has 0 saturated carbocycles. The maximum atomic E-state index is 10.9. The van der Waals surface area contributed by atoms with Crippen LogP contribution in [0.3, 0.4) is 0 Å². The van der Waals surface area contributed by atoms with Crippen molar-refractivity contribution in [3.63, 3.8) is 0 Å². The Morgan fingerprint density at radius 3 is 2.67 bits per heavy atom. The second-order valence-corrected chi connectivity index (χ2v) is 3.28. The van der Waals surface area contributed by atoms with Gasteiger partial charge in [-0.05, 0) is 17.7 Å². The van der Waals surface area contributed by atoms with E-state index in [-0.39, 0.29) is 6.42 Å². The number of benzene rings is 1. The first-order chi connectivity index (χ1) is 7.04. The quantitative estimate of drug-likeness (QED) is 0.794. The summed E-state index contributed by atoms with van der Waals surface area (Å²) in [7, 11) is 1.45. The Morgan fingerprint density at radius 2 is 2.13 bits per heavy atom. The first kappa shape index (κ1) is 11.5. The van der Waals surface area contributed by atoms with Crippen molar-refractivity contribution in [1.82, 2.24) is 0 Å². The predicted molar refractivity (Wildman–Crippen MR) is 54.4 cm³/mol. The van der Waals surface area contributed by atoms with Gasteiger partial charge in [-0.1, -0.05) is 17.7 Å². The van der Waals surface area contributed by atoms with Gasteiger partial charge in [0.1, 0.15) is 5.75 Å². The van der Waals surface area contributed by atoms with Crippen LogP contribution >= 0.6 is 11.6 Å². The summed E-state index contributed by atoms with van der Waals surface area (Å²) in [4.78, 5) is 21.2. The summed E-state index contributed by atoms with van der Waals surface area (Å²) in [6.07, 6.45) is -0.164. The molecule has 0 aliphatic heterocycles. The monoisotopic (exact) mass is 228 g/mol. The fourth-order valence-electron chi connectivity index (χ4n) is 1.08. The van der Waals surface area contributed by atoms with Crippen LogP contribution in [0.25, 0.3) is 0 Å². The van der Waals surface area contributed by atoms with Crippen molar-refractivity contribution in [2.75, 3.05) is 7.11 Å². The van der Waals surface area contributed by atoms with Gasteiger partial charge in [-0.3, -0.25) is 4.79 Å². The van der Waals surface area contributed by atoms with Crippen molar-refractivity contribution < 1.29 is 19.4 Å². The molecule has 0 aliphatic rings. The van der Waals surface area contributed by atoms with Crippen LogP contribution in [0.5, 0.6) is 5.75 Å². The van der Waals surface area contributed by atoms with Crippen LogP contribution < -0.4 is 4.74 Å². The largest absolute Gasteiger partial charge is 0.495 e. The van der Waals surface area contributed by atoms with Gasteiger partial charge in [0.25, 0.3) is 0 Å². The lowest BCUT2D eigenvalue weighted by Gasteiger charge is -2.04. The molecule has 0 amide bonds. The minimum atomic E-state index is -1.44. The number of hydrogen-bond donors (Lipinski definition) is 1. The third kappa shape index (κ3) is 2.95. The van der Waals surface area contributed by atoms with E-state index in [1.807, 2.05) is 0 Å². The number of carboxylic acids is 1. The maximum absolute atomic E-state index is 10.9. The van der Waals surface area contributed by atoms with Gasteiger partial charge in [-0.2, -0.15) is 0 Å². The van der Waals surface area contributed by atoms with Gasteiger partial charge in [0.05, 0.1) is 12.1 Å². The van der Waals surface area contributed by atoms with Gasteiger partial charge in [0, 0.05) is 6.42 Å². The van der Waals surface area contributed by atoms with Gasteiger partial charge in [-0.15, -0.1) is 0 Å². The van der Waals surface area contributed by atoms with Crippen molar-refractivity contribution in [1.29, 1.82) is 0 Å². The Labute approximate surface area is 91.4 Å². The topological polar surface area (TPSA) is 63.6 Å². The molecule has 15 heavy (non-hydrogen) atoms. The fourth-order valence-corrected chi connectivity index (χ4v) is 1.27. The minimum Gasteiger partial charge on any atom is -0.495 e. The molecule has 0 bridgehead atoms. The number of halogens is 1. The van der Waals surface area contributed by atoms with E-state index in [1.54, 1.807) is 18.2 Å². The number of ketones is 1. The first-order valence-corrected chi connectivity index (χ1v) is 4.51. The molecule has 0 fully saturated rings. The Hall–Kier alpha value is -1.55. The predicted octanol–water partition coefficient (Wildman–Crippen LogP) is 1.54. The molecule has 5 heteroatoms. The van der Waals surface area contributed by atoms with Crippen molar-refractivity contribution in [2.24, 2.45) is 0 Å². The lowest BCUT2D eigenvalue weighted by molar-refractivity contribution is -0.148. The average molecular weight is 229 g/mol. The van der Waals surface area contributed by atoms with Crippen molar-refractivity contribution in [3.8, 4) is 5.75 Å². The van der Waals surface area contributed by atoms with E-state index < -0.39 is 11.8 Å². The van der Waals surface area contributed by atoms with E-state index in [0.29, 0.717) is 16.3 Å². The van der Waals surface area contributed by atoms with Crippen molar-refractivity contribution >= 4 is 23.4 Å². The zero-order chi connectivity index (χ0) is 11.4. The van der Waals surface area contributed by atoms with Crippen LogP contribution in [0.4, 0.5) is 0 Å². The molecule has 1 N–H and O–H groups in total. The molecule has 1 aromatic rings. The number of carboxylic acid groups (broad SMARTS) is 1. The number of hydrogen-bond acceptors (Lipinski definition) is 3. The van der Waals surface area contributed by atoms with Gasteiger partial charge in [0.2, 0.25) is 5.78 Å². The average Bonchev–Trinajstić information content (AvgIpc) is 2.20. The zero-order valence-corrected chi connectivity index (χ0v) is 8.75. The molecule has 0 saturated heterocycles.